The van der Waals surface area contributed by atoms with E-state index >= 15 is 0 Å². The molecule has 1 amide bonds. The smallest absolute Gasteiger partial charge is 0.251 e. The van der Waals surface area contributed by atoms with Crippen molar-refractivity contribution in [2.45, 2.75) is 20.3 Å². The average molecular weight is 247 g/mol. The minimum Gasteiger partial charge on any atom is -0.366 e. The van der Waals surface area contributed by atoms with Crippen LogP contribution in [0.25, 0.3) is 0 Å². The van der Waals surface area contributed by atoms with Crippen LogP contribution >= 0.6 is 0 Å². The number of carbonyl (C=O) groups excluding carboxylic acids is 1. The lowest BCUT2D eigenvalue weighted by Gasteiger charge is -2.10. The van der Waals surface area contributed by atoms with Gasteiger partial charge in [0.15, 0.2) is 0 Å². The van der Waals surface area contributed by atoms with Crippen molar-refractivity contribution in [3.63, 3.8) is 0 Å². The fourth-order valence-corrected chi connectivity index (χ4v) is 1.52. The molecule has 1 aromatic carbocycles. The Balaban J connectivity index is 3.00. The Morgan fingerprint density at radius 2 is 2.17 bits per heavy atom. The van der Waals surface area contributed by atoms with Gasteiger partial charge in [-0.25, -0.2) is 4.99 Å². The number of amides is 1. The molecule has 0 spiro atoms. The number of aliphatic imine (C=N–C) groups is 1. The van der Waals surface area contributed by atoms with Crippen LogP contribution in [0.4, 0.5) is 5.69 Å². The maximum atomic E-state index is 11.5. The zero-order valence-electron chi connectivity index (χ0n) is 11.5. The van der Waals surface area contributed by atoms with E-state index in [1.54, 1.807) is 13.1 Å². The minimum absolute atomic E-state index is 0.0640. The van der Waals surface area contributed by atoms with Gasteiger partial charge in [0.25, 0.3) is 5.91 Å². The number of nitrogens with zero attached hydrogens (tertiary/aromatic N) is 2. The quantitative estimate of drug-likeness (QED) is 0.640. The first kappa shape index (κ1) is 14.2. The van der Waals surface area contributed by atoms with Crippen LogP contribution in [0.5, 0.6) is 0 Å². The molecule has 0 saturated carbocycles. The number of hydrogen-bond acceptors (Lipinski definition) is 2. The molecule has 0 radical (unpaired) electrons. The highest BCUT2D eigenvalue weighted by atomic mass is 16.1. The molecule has 1 N–H and O–H groups in total. The molecule has 0 aromatic heterocycles. The first-order valence-electron chi connectivity index (χ1n) is 6.21. The Morgan fingerprint density at radius 1 is 1.44 bits per heavy atom. The maximum absolute atomic E-state index is 11.5. The number of carbonyl (C=O) groups is 1. The van der Waals surface area contributed by atoms with Crippen molar-refractivity contribution in [2.24, 2.45) is 4.99 Å². The predicted molar refractivity (Wildman–Crippen MR) is 75.7 cm³/mol. The molecule has 4 nitrogen and oxygen atoms in total. The number of nitrogens with one attached hydrogen (secondary N) is 1. The van der Waals surface area contributed by atoms with Crippen LogP contribution in [0.2, 0.25) is 0 Å². The van der Waals surface area contributed by atoms with Gasteiger partial charge in [0.05, 0.1) is 12.0 Å². The van der Waals surface area contributed by atoms with Crippen LogP contribution in [0.3, 0.4) is 0 Å². The molecule has 0 atom stereocenters. The molecule has 0 fully saturated rings. The Bertz CT molecular complexity index is 441. The van der Waals surface area contributed by atoms with Crippen LogP contribution < -0.4 is 5.32 Å². The number of hydrogen-bond donors (Lipinski definition) is 1. The summed E-state index contributed by atoms with van der Waals surface area (Å²) in [6.45, 7) is 5.05. The summed E-state index contributed by atoms with van der Waals surface area (Å²) in [6.07, 6.45) is 2.67. The van der Waals surface area contributed by atoms with Gasteiger partial charge < -0.3 is 10.2 Å². The summed E-state index contributed by atoms with van der Waals surface area (Å²) in [4.78, 5) is 18.0. The monoisotopic (exact) mass is 247 g/mol. The van der Waals surface area contributed by atoms with Gasteiger partial charge >= 0.3 is 0 Å². The van der Waals surface area contributed by atoms with Crippen LogP contribution in [0, 0.1) is 0 Å². The SMILES string of the molecule is CCc1cc(C(=O)NC)ccc1N=CN(C)CC. The predicted octanol–water partition coefficient (Wildman–Crippen LogP) is 2.22. The van der Waals surface area contributed by atoms with Crippen molar-refractivity contribution in [1.29, 1.82) is 0 Å². The van der Waals surface area contributed by atoms with E-state index in [0.29, 0.717) is 5.56 Å². The van der Waals surface area contributed by atoms with E-state index in [1.165, 1.54) is 0 Å². The highest BCUT2D eigenvalue weighted by Gasteiger charge is 2.06. The van der Waals surface area contributed by atoms with Gasteiger partial charge in [-0.1, -0.05) is 6.92 Å². The lowest BCUT2D eigenvalue weighted by Crippen LogP contribution is -2.17. The zero-order valence-corrected chi connectivity index (χ0v) is 11.5. The summed E-state index contributed by atoms with van der Waals surface area (Å²) in [7, 11) is 3.62. The van der Waals surface area contributed by atoms with Crippen LogP contribution in [-0.2, 0) is 6.42 Å². The summed E-state index contributed by atoms with van der Waals surface area (Å²) in [6, 6.07) is 5.59. The standard InChI is InChI=1S/C14H21N3O/c1-5-11-9-12(14(18)15-3)7-8-13(11)16-10-17(4)6-2/h7-10H,5-6H2,1-4H3,(H,15,18). The van der Waals surface area contributed by atoms with Gasteiger partial charge in [-0.15, -0.1) is 0 Å². The number of benzene rings is 1. The van der Waals surface area contributed by atoms with Gasteiger partial charge in [0.1, 0.15) is 0 Å². The Kier molecular flexibility index (Phi) is 5.36. The van der Waals surface area contributed by atoms with E-state index in [-0.39, 0.29) is 5.91 Å². The molecule has 1 aromatic rings. The van der Waals surface area contributed by atoms with E-state index in [4.69, 9.17) is 0 Å². The van der Waals surface area contributed by atoms with Crippen molar-refractivity contribution in [3.05, 3.63) is 29.3 Å². The lowest BCUT2D eigenvalue weighted by molar-refractivity contribution is 0.0963. The Hall–Kier alpha value is -1.84. The highest BCUT2D eigenvalue weighted by molar-refractivity contribution is 5.94. The molecule has 0 unspecified atom stereocenters. The third-order valence-corrected chi connectivity index (χ3v) is 2.84. The number of aryl methyl sites for hydroxylation is 1. The summed E-state index contributed by atoms with van der Waals surface area (Å²) in [5, 5.41) is 2.63. The fraction of sp³-hybridized carbons (Fsp3) is 0.429. The molecule has 18 heavy (non-hydrogen) atoms. The second kappa shape index (κ2) is 6.79. The van der Waals surface area contributed by atoms with E-state index in [9.17, 15) is 4.79 Å². The van der Waals surface area contributed by atoms with E-state index in [1.807, 2.05) is 30.4 Å². The van der Waals surface area contributed by atoms with Crippen molar-refractivity contribution in [1.82, 2.24) is 10.2 Å². The first-order valence-corrected chi connectivity index (χ1v) is 6.21. The van der Waals surface area contributed by atoms with Gasteiger partial charge in [-0.3, -0.25) is 4.79 Å². The molecule has 0 heterocycles. The van der Waals surface area contributed by atoms with Crippen molar-refractivity contribution < 1.29 is 4.79 Å². The molecule has 1 rings (SSSR count). The summed E-state index contributed by atoms with van der Waals surface area (Å²) in [5.74, 6) is -0.0640. The second-order valence-electron chi connectivity index (χ2n) is 4.09. The second-order valence-corrected chi connectivity index (χ2v) is 4.09. The lowest BCUT2D eigenvalue weighted by atomic mass is 10.1. The van der Waals surface area contributed by atoms with Crippen LogP contribution in [0.15, 0.2) is 23.2 Å². The molecular weight excluding hydrogens is 226 g/mol. The highest BCUT2D eigenvalue weighted by Crippen LogP contribution is 2.21. The molecule has 0 aliphatic carbocycles. The summed E-state index contributed by atoms with van der Waals surface area (Å²) in [5.41, 5.74) is 2.68. The van der Waals surface area contributed by atoms with E-state index in [0.717, 1.165) is 24.2 Å². The van der Waals surface area contributed by atoms with Gasteiger partial charge in [-0.2, -0.15) is 0 Å². The van der Waals surface area contributed by atoms with Gasteiger partial charge in [0, 0.05) is 26.2 Å². The van der Waals surface area contributed by atoms with E-state index in [2.05, 4.69) is 24.2 Å². The summed E-state index contributed by atoms with van der Waals surface area (Å²) < 4.78 is 0. The molecule has 4 heteroatoms. The van der Waals surface area contributed by atoms with Gasteiger partial charge in [0.2, 0.25) is 0 Å². The van der Waals surface area contributed by atoms with Crippen LogP contribution in [0.1, 0.15) is 29.8 Å². The third-order valence-electron chi connectivity index (χ3n) is 2.84. The average Bonchev–Trinajstić information content (AvgIpc) is 2.43. The minimum atomic E-state index is -0.0640. The topological polar surface area (TPSA) is 44.7 Å². The molecule has 0 aliphatic rings. The fourth-order valence-electron chi connectivity index (χ4n) is 1.52. The van der Waals surface area contributed by atoms with Gasteiger partial charge in [-0.05, 0) is 37.1 Å². The molecular formula is C14H21N3O. The molecule has 0 aliphatic heterocycles. The number of rotatable bonds is 5. The molecule has 0 saturated heterocycles. The van der Waals surface area contributed by atoms with Crippen molar-refractivity contribution in [3.8, 4) is 0 Å². The Morgan fingerprint density at radius 3 is 2.72 bits per heavy atom. The van der Waals surface area contributed by atoms with E-state index < -0.39 is 0 Å². The molecule has 0 bridgehead atoms. The maximum Gasteiger partial charge on any atom is 0.251 e. The van der Waals surface area contributed by atoms with Crippen molar-refractivity contribution >= 4 is 17.9 Å². The third kappa shape index (κ3) is 3.58. The van der Waals surface area contributed by atoms with Crippen LogP contribution in [-0.4, -0.2) is 37.8 Å². The molecule has 98 valence electrons. The summed E-state index contributed by atoms with van der Waals surface area (Å²) >= 11 is 0. The zero-order chi connectivity index (χ0) is 13.5. The largest absolute Gasteiger partial charge is 0.366 e. The first-order chi connectivity index (χ1) is 8.62. The normalized spacial score (nSPS) is 10.7. The Labute approximate surface area is 109 Å². The van der Waals surface area contributed by atoms with Crippen molar-refractivity contribution in [2.75, 3.05) is 20.6 Å².